The lowest BCUT2D eigenvalue weighted by Crippen LogP contribution is -2.39. The minimum Gasteiger partial charge on any atom is -0.289 e. The van der Waals surface area contributed by atoms with E-state index in [1.54, 1.807) is 39.8 Å². The lowest BCUT2D eigenvalue weighted by atomic mass is 9.70. The molecule has 2 amide bonds. The molecule has 0 unspecified atom stereocenters. The van der Waals surface area contributed by atoms with Crippen LogP contribution in [0.15, 0.2) is 109 Å². The summed E-state index contributed by atoms with van der Waals surface area (Å²) in [4.78, 5) is 28.1. The van der Waals surface area contributed by atoms with Crippen LogP contribution in [0.4, 0.5) is 0 Å². The van der Waals surface area contributed by atoms with Crippen molar-refractivity contribution in [2.24, 2.45) is 10.8 Å². The van der Waals surface area contributed by atoms with Crippen molar-refractivity contribution >= 4 is 29.7 Å². The highest BCUT2D eigenvalue weighted by atomic mass is 31.2. The highest BCUT2D eigenvalue weighted by molar-refractivity contribution is 7.78. The zero-order valence-electron chi connectivity index (χ0n) is 21.5. The number of carbonyl (C=O) groups excluding carboxylic acids is 2. The Hall–Kier alpha value is -3.75. The molecule has 5 heteroatoms. The minimum atomic E-state index is -4.02. The predicted molar refractivity (Wildman–Crippen MR) is 150 cm³/mol. The summed E-state index contributed by atoms with van der Waals surface area (Å²) in [6.07, 6.45) is 0. The molecule has 5 rings (SSSR count). The summed E-state index contributed by atoms with van der Waals surface area (Å²) in [5, 5.41) is 0.944. The van der Waals surface area contributed by atoms with Gasteiger partial charge in [-0.2, -0.15) is 0 Å². The van der Waals surface area contributed by atoms with Crippen LogP contribution in [0.1, 0.15) is 27.7 Å². The summed E-state index contributed by atoms with van der Waals surface area (Å²) in [5.41, 5.74) is 1.16. The van der Waals surface area contributed by atoms with E-state index in [-0.39, 0.29) is 0 Å². The van der Waals surface area contributed by atoms with E-state index < -0.39 is 29.9 Å². The number of rotatable bonds is 5. The molecule has 0 spiro atoms. The van der Waals surface area contributed by atoms with Crippen molar-refractivity contribution in [3.63, 3.8) is 0 Å². The van der Waals surface area contributed by atoms with E-state index >= 15 is 4.57 Å². The third-order valence-corrected chi connectivity index (χ3v) is 10.9. The van der Waals surface area contributed by atoms with Gasteiger partial charge in [0.1, 0.15) is 0 Å². The molecule has 37 heavy (non-hydrogen) atoms. The summed E-state index contributed by atoms with van der Waals surface area (Å²) < 4.78 is 17.0. The highest BCUT2D eigenvalue weighted by Gasteiger charge is 2.64. The van der Waals surface area contributed by atoms with E-state index in [9.17, 15) is 9.59 Å². The van der Waals surface area contributed by atoms with Gasteiger partial charge in [-0.1, -0.05) is 97.1 Å². The lowest BCUT2D eigenvalue weighted by molar-refractivity contribution is -0.135. The molecular formula is C32H30NO3P. The first-order valence-corrected chi connectivity index (χ1v) is 14.1. The van der Waals surface area contributed by atoms with E-state index in [4.69, 9.17) is 0 Å². The molecule has 1 aliphatic rings. The van der Waals surface area contributed by atoms with Crippen molar-refractivity contribution in [2.45, 2.75) is 27.7 Å². The van der Waals surface area contributed by atoms with Gasteiger partial charge in [-0.25, -0.2) is 4.67 Å². The van der Waals surface area contributed by atoms with Crippen molar-refractivity contribution < 1.29 is 14.2 Å². The van der Waals surface area contributed by atoms with E-state index in [0.717, 1.165) is 26.9 Å². The maximum absolute atomic E-state index is 15.9. The van der Waals surface area contributed by atoms with Crippen LogP contribution in [0, 0.1) is 10.8 Å². The number of imide groups is 1. The van der Waals surface area contributed by atoms with Crippen molar-refractivity contribution in [1.82, 2.24) is 4.67 Å². The van der Waals surface area contributed by atoms with Gasteiger partial charge in [-0.3, -0.25) is 14.2 Å². The van der Waals surface area contributed by atoms with Crippen LogP contribution in [0.25, 0.3) is 22.3 Å². The topological polar surface area (TPSA) is 54.5 Å². The van der Waals surface area contributed by atoms with Crippen molar-refractivity contribution in [2.75, 3.05) is 0 Å². The Morgan fingerprint density at radius 3 is 1.22 bits per heavy atom. The number of hydrogen-bond acceptors (Lipinski definition) is 3. The van der Waals surface area contributed by atoms with Crippen LogP contribution < -0.4 is 10.6 Å². The van der Waals surface area contributed by atoms with E-state index in [0.29, 0.717) is 10.6 Å². The molecule has 4 nitrogen and oxygen atoms in total. The number of benzene rings is 4. The van der Waals surface area contributed by atoms with Crippen LogP contribution in [-0.4, -0.2) is 16.5 Å². The smallest absolute Gasteiger partial charge is 0.242 e. The average Bonchev–Trinajstić information content (AvgIpc) is 3.05. The Kier molecular flexibility index (Phi) is 6.04. The largest absolute Gasteiger partial charge is 0.289 e. The van der Waals surface area contributed by atoms with Gasteiger partial charge < -0.3 is 0 Å². The Morgan fingerprint density at radius 1 is 0.514 bits per heavy atom. The molecule has 1 saturated heterocycles. The molecule has 0 atom stereocenters. The van der Waals surface area contributed by atoms with Gasteiger partial charge in [0, 0.05) is 10.6 Å². The summed E-state index contributed by atoms with van der Waals surface area (Å²) in [6, 6.07) is 34.2. The first-order valence-electron chi connectivity index (χ1n) is 12.4. The summed E-state index contributed by atoms with van der Waals surface area (Å²) in [7, 11) is -4.02. The number of amides is 2. The first-order chi connectivity index (χ1) is 17.6. The van der Waals surface area contributed by atoms with Crippen molar-refractivity contribution in [3.8, 4) is 22.3 Å². The van der Waals surface area contributed by atoms with Gasteiger partial charge in [-0.05, 0) is 62.1 Å². The molecule has 186 valence electrons. The molecule has 0 saturated carbocycles. The SMILES string of the molecule is CC1(C)C(=O)N(P(=O)(c2ccccc2-c2ccccc2)c2ccccc2-c2ccccc2)C(=O)C1(C)C. The van der Waals surface area contributed by atoms with Gasteiger partial charge in [-0.15, -0.1) is 0 Å². The lowest BCUT2D eigenvalue weighted by Gasteiger charge is -2.31. The zero-order chi connectivity index (χ0) is 26.4. The fourth-order valence-corrected chi connectivity index (χ4v) is 8.30. The van der Waals surface area contributed by atoms with Gasteiger partial charge in [0.05, 0.1) is 10.8 Å². The fraction of sp³-hybridized carbons (Fsp3) is 0.188. The second-order valence-corrected chi connectivity index (χ2v) is 13.0. The Morgan fingerprint density at radius 2 is 0.838 bits per heavy atom. The highest BCUT2D eigenvalue weighted by Crippen LogP contribution is 2.60. The van der Waals surface area contributed by atoms with E-state index in [1.165, 1.54) is 0 Å². The third-order valence-electron chi connectivity index (χ3n) is 7.93. The predicted octanol–water partition coefficient (Wildman–Crippen LogP) is 6.67. The Balaban J connectivity index is 1.89. The molecule has 0 bridgehead atoms. The molecule has 4 aromatic rings. The molecular weight excluding hydrogens is 477 g/mol. The zero-order valence-corrected chi connectivity index (χ0v) is 22.4. The van der Waals surface area contributed by atoms with Crippen LogP contribution in [0.2, 0.25) is 0 Å². The van der Waals surface area contributed by atoms with Gasteiger partial charge in [0.2, 0.25) is 19.1 Å². The number of carbonyl (C=O) groups is 2. The van der Waals surface area contributed by atoms with Crippen LogP contribution in [0.3, 0.4) is 0 Å². The molecule has 1 fully saturated rings. The maximum Gasteiger partial charge on any atom is 0.242 e. The quantitative estimate of drug-likeness (QED) is 0.224. The average molecular weight is 508 g/mol. The third kappa shape index (κ3) is 3.70. The molecule has 0 radical (unpaired) electrons. The molecule has 1 heterocycles. The Labute approximate surface area is 218 Å². The molecule has 4 aromatic carbocycles. The first kappa shape index (κ1) is 24.9. The second kappa shape index (κ2) is 8.97. The Bertz CT molecular complexity index is 1430. The van der Waals surface area contributed by atoms with Crippen molar-refractivity contribution in [1.29, 1.82) is 0 Å². The fourth-order valence-electron chi connectivity index (χ4n) is 4.96. The standard InChI is InChI=1S/C32H30NO3P/c1-31(2)29(34)33(30(35)32(31,3)4)37(36,27-21-13-11-19-25(27)23-15-7-5-8-16-23)28-22-14-12-20-26(28)24-17-9-6-10-18-24/h5-22H,1-4H3. The van der Waals surface area contributed by atoms with Crippen LogP contribution in [-0.2, 0) is 14.2 Å². The number of hydrogen-bond donors (Lipinski definition) is 0. The summed E-state index contributed by atoms with van der Waals surface area (Å²) in [6.45, 7) is 7.07. The van der Waals surface area contributed by atoms with Gasteiger partial charge in [0.15, 0.2) is 0 Å². The molecule has 0 aromatic heterocycles. The number of nitrogens with zero attached hydrogens (tertiary/aromatic N) is 1. The summed E-state index contributed by atoms with van der Waals surface area (Å²) >= 11 is 0. The van der Waals surface area contributed by atoms with Gasteiger partial charge in [0.25, 0.3) is 0 Å². The van der Waals surface area contributed by atoms with E-state index in [2.05, 4.69) is 0 Å². The maximum atomic E-state index is 15.9. The van der Waals surface area contributed by atoms with Crippen LogP contribution >= 0.6 is 7.29 Å². The normalized spacial score (nSPS) is 16.7. The minimum absolute atomic E-state index is 0.420. The second-order valence-electron chi connectivity index (χ2n) is 10.5. The van der Waals surface area contributed by atoms with Crippen molar-refractivity contribution in [3.05, 3.63) is 109 Å². The van der Waals surface area contributed by atoms with Gasteiger partial charge >= 0.3 is 0 Å². The molecule has 1 aliphatic heterocycles. The monoisotopic (exact) mass is 507 g/mol. The van der Waals surface area contributed by atoms with Crippen LogP contribution in [0.5, 0.6) is 0 Å². The molecule has 0 N–H and O–H groups in total. The van der Waals surface area contributed by atoms with E-state index in [1.807, 2.05) is 97.1 Å². The molecule has 0 aliphatic carbocycles. The summed E-state index contributed by atoms with van der Waals surface area (Å²) in [5.74, 6) is -0.840.